The van der Waals surface area contributed by atoms with Crippen LogP contribution in [0.5, 0.6) is 0 Å². The van der Waals surface area contributed by atoms with Crippen molar-refractivity contribution in [1.82, 2.24) is 0 Å². The van der Waals surface area contributed by atoms with E-state index in [1.165, 1.54) is 0 Å². The van der Waals surface area contributed by atoms with E-state index in [1.807, 2.05) is 31.2 Å². The Morgan fingerprint density at radius 1 is 0.815 bits per heavy atom. The number of azo groups is 1. The molecule has 0 fully saturated rings. The van der Waals surface area contributed by atoms with Gasteiger partial charge in [-0.15, -0.1) is 0 Å². The molecule has 1 aliphatic rings. The Labute approximate surface area is 156 Å². The van der Waals surface area contributed by atoms with Crippen LogP contribution >= 0.6 is 0 Å². The van der Waals surface area contributed by atoms with Gasteiger partial charge in [-0.3, -0.25) is 0 Å². The van der Waals surface area contributed by atoms with Gasteiger partial charge < -0.3 is 13.6 Å². The van der Waals surface area contributed by atoms with Gasteiger partial charge in [-0.1, -0.05) is 66.2 Å². The molecule has 1 heterocycles. The van der Waals surface area contributed by atoms with Gasteiger partial charge in [0.15, 0.2) is 5.69 Å². The minimum Gasteiger partial charge on any atom is -0.387 e. The molecule has 0 aliphatic carbocycles. The summed E-state index contributed by atoms with van der Waals surface area (Å²) in [5.74, 6) is 0.232. The molecule has 4 nitrogen and oxygen atoms in total. The first-order chi connectivity index (χ1) is 13.1. The molecule has 0 radical (unpaired) electrons. The zero-order valence-corrected chi connectivity index (χ0v) is 14.7. The van der Waals surface area contributed by atoms with Crippen molar-refractivity contribution in [2.45, 2.75) is 6.92 Å². The molecule has 134 valence electrons. The Morgan fingerprint density at radius 3 is 2.04 bits per heavy atom. The number of benzene rings is 3. The Bertz CT molecular complexity index is 1000. The maximum atomic E-state index is 15.4. The molecule has 7 heteroatoms. The summed E-state index contributed by atoms with van der Waals surface area (Å²) in [6.45, 7) is -2.28. The number of aryl methyl sites for hydroxylation is 1. The van der Waals surface area contributed by atoms with E-state index in [-0.39, 0.29) is 5.84 Å². The monoisotopic (exact) mass is 362 g/mol. The number of amidine groups is 1. The highest BCUT2D eigenvalue weighted by atomic mass is 19.2. The van der Waals surface area contributed by atoms with Crippen LogP contribution in [0.4, 0.5) is 20.0 Å². The van der Waals surface area contributed by atoms with Crippen LogP contribution in [0.2, 0.25) is 0 Å². The molecule has 0 amide bonds. The fraction of sp³-hybridized carbons (Fsp3) is 0.0500. The lowest BCUT2D eigenvalue weighted by Crippen LogP contribution is -2.54. The van der Waals surface area contributed by atoms with Gasteiger partial charge in [-0.25, -0.2) is 4.61 Å². The van der Waals surface area contributed by atoms with Crippen LogP contribution in [-0.4, -0.2) is 17.4 Å². The van der Waals surface area contributed by atoms with Crippen molar-refractivity contribution >= 4 is 24.2 Å². The fourth-order valence-corrected chi connectivity index (χ4v) is 2.92. The highest BCUT2D eigenvalue weighted by molar-refractivity contribution is 6.62. The van der Waals surface area contributed by atoms with Crippen molar-refractivity contribution in [2.24, 2.45) is 10.2 Å². The van der Waals surface area contributed by atoms with Crippen LogP contribution in [0.15, 0.2) is 95.1 Å². The molecule has 27 heavy (non-hydrogen) atoms. The molecule has 0 aromatic heterocycles. The van der Waals surface area contributed by atoms with Crippen molar-refractivity contribution in [3.8, 4) is 0 Å². The summed E-state index contributed by atoms with van der Waals surface area (Å²) in [6, 6.07) is 24.3. The number of anilines is 1. The molecule has 4 rings (SSSR count). The lowest BCUT2D eigenvalue weighted by molar-refractivity contribution is -0.401. The molecule has 0 saturated carbocycles. The largest absolute Gasteiger partial charge is 0.777 e. The molecule has 1 aliphatic heterocycles. The maximum Gasteiger partial charge on any atom is 0.777 e. The van der Waals surface area contributed by atoms with E-state index in [1.54, 1.807) is 60.7 Å². The second-order valence-electron chi connectivity index (χ2n) is 6.34. The third-order valence-corrected chi connectivity index (χ3v) is 4.34. The number of rotatable bonds is 3. The predicted molar refractivity (Wildman–Crippen MR) is 103 cm³/mol. The second-order valence-corrected chi connectivity index (χ2v) is 6.34. The second kappa shape index (κ2) is 6.76. The highest BCUT2D eigenvalue weighted by Crippen LogP contribution is 2.33. The summed E-state index contributed by atoms with van der Waals surface area (Å²) < 4.78 is 31.5. The van der Waals surface area contributed by atoms with Gasteiger partial charge in [0.1, 0.15) is 0 Å². The van der Waals surface area contributed by atoms with Crippen LogP contribution < -0.4 is 4.92 Å². The van der Waals surface area contributed by atoms with Crippen molar-refractivity contribution < 1.29 is 13.2 Å². The van der Waals surface area contributed by atoms with E-state index in [0.29, 0.717) is 16.9 Å². The standard InChI is InChI=1S/C20H17BF2N4/c1-16-12-14-17(15-13-16)20-24-26(18-8-4-2-5-9-18)21(22,23)27(25-20)19-10-6-3-7-11-19/h2-15H,1H3. The zero-order valence-electron chi connectivity index (χ0n) is 14.7. The van der Waals surface area contributed by atoms with Gasteiger partial charge >= 0.3 is 6.97 Å². The van der Waals surface area contributed by atoms with Crippen LogP contribution in [0.25, 0.3) is 0 Å². The lowest BCUT2D eigenvalue weighted by atomic mass is 9.93. The molecular weight excluding hydrogens is 345 g/mol. The Morgan fingerprint density at radius 2 is 1.41 bits per heavy atom. The molecular formula is C20H17BF2N4. The molecule has 3 aromatic rings. The van der Waals surface area contributed by atoms with E-state index < -0.39 is 6.97 Å². The molecule has 0 atom stereocenters. The summed E-state index contributed by atoms with van der Waals surface area (Å²) in [4.78, 5) is 0.773. The average Bonchev–Trinajstić information content (AvgIpc) is 2.70. The number of para-hydroxylation sites is 2. The Balaban J connectivity index is 1.89. The normalized spacial score (nSPS) is 15.9. The van der Waals surface area contributed by atoms with Gasteiger partial charge in [0, 0.05) is 23.4 Å². The minimum absolute atomic E-state index is 0.232. The number of halogens is 2. The summed E-state index contributed by atoms with van der Waals surface area (Å²) in [5.41, 5.74) is 2.36. The molecule has 0 unspecified atom stereocenters. The quantitative estimate of drug-likeness (QED) is 0.578. The Hall–Kier alpha value is -3.35. The van der Waals surface area contributed by atoms with Crippen molar-refractivity contribution in [2.75, 3.05) is 4.92 Å². The first-order valence-corrected chi connectivity index (χ1v) is 8.64. The van der Waals surface area contributed by atoms with Gasteiger partial charge in [0.25, 0.3) is 0 Å². The van der Waals surface area contributed by atoms with Crippen molar-refractivity contribution in [3.05, 3.63) is 96.1 Å². The van der Waals surface area contributed by atoms with Crippen LogP contribution in [-0.2, 0) is 0 Å². The molecule has 0 N–H and O–H groups in total. The highest BCUT2D eigenvalue weighted by Gasteiger charge is 2.55. The third kappa shape index (κ3) is 3.24. The summed E-state index contributed by atoms with van der Waals surface area (Å²) in [7, 11) is 0. The van der Waals surface area contributed by atoms with Crippen LogP contribution in [0, 0.1) is 6.92 Å². The SMILES string of the molecule is Cc1ccc(C2=NN(c3ccccc3)[B-](F)(F)[N+](c3ccccc3)=N2)cc1. The Kier molecular flexibility index (Phi) is 4.28. The van der Waals surface area contributed by atoms with E-state index in [4.69, 9.17) is 0 Å². The van der Waals surface area contributed by atoms with Crippen LogP contribution in [0.1, 0.15) is 11.1 Å². The summed E-state index contributed by atoms with van der Waals surface area (Å²) >= 11 is 0. The van der Waals surface area contributed by atoms with E-state index in [9.17, 15) is 0 Å². The van der Waals surface area contributed by atoms with Gasteiger partial charge in [-0.2, -0.15) is 5.10 Å². The maximum absolute atomic E-state index is 15.4. The van der Waals surface area contributed by atoms with E-state index in [2.05, 4.69) is 10.2 Å². The van der Waals surface area contributed by atoms with Crippen molar-refractivity contribution in [1.29, 1.82) is 0 Å². The third-order valence-electron chi connectivity index (χ3n) is 4.34. The average molecular weight is 362 g/mol. The molecule has 0 spiro atoms. The van der Waals surface area contributed by atoms with Gasteiger partial charge in [0.2, 0.25) is 5.84 Å². The number of hydrogen-bond acceptors (Lipinski definition) is 3. The number of hydrogen-bond donors (Lipinski definition) is 0. The van der Waals surface area contributed by atoms with Gasteiger partial charge in [-0.05, 0) is 24.2 Å². The lowest BCUT2D eigenvalue weighted by Gasteiger charge is -2.33. The molecule has 3 aromatic carbocycles. The van der Waals surface area contributed by atoms with Crippen LogP contribution in [0.3, 0.4) is 0 Å². The number of hydrazone groups is 1. The first-order valence-electron chi connectivity index (χ1n) is 8.64. The zero-order chi connectivity index (χ0) is 18.9. The fourth-order valence-electron chi connectivity index (χ4n) is 2.92. The summed E-state index contributed by atoms with van der Waals surface area (Å²) in [5, 5.41) is 8.40. The molecule has 0 bridgehead atoms. The van der Waals surface area contributed by atoms with E-state index >= 15 is 8.63 Å². The summed E-state index contributed by atoms with van der Waals surface area (Å²) in [6.07, 6.45) is 0. The van der Waals surface area contributed by atoms with E-state index in [0.717, 1.165) is 15.1 Å². The first kappa shape index (κ1) is 17.1. The predicted octanol–water partition coefficient (Wildman–Crippen LogP) is 5.35. The minimum atomic E-state index is -4.25. The van der Waals surface area contributed by atoms with Gasteiger partial charge in [0.05, 0.1) is 0 Å². The topological polar surface area (TPSA) is 31.0 Å². The van der Waals surface area contributed by atoms with Crippen molar-refractivity contribution in [3.63, 3.8) is 0 Å². The molecule has 0 saturated heterocycles. The smallest absolute Gasteiger partial charge is 0.387 e. The number of nitrogens with zero attached hydrogens (tertiary/aromatic N) is 4.